The van der Waals surface area contributed by atoms with Gasteiger partial charge in [0.15, 0.2) is 0 Å². The highest BCUT2D eigenvalue weighted by Gasteiger charge is 2.32. The maximum Gasteiger partial charge on any atom is 0.138 e. The normalized spacial score (nSPS) is 19.7. The first-order valence-electron chi connectivity index (χ1n) is 3.64. The predicted molar refractivity (Wildman–Crippen MR) is 40.8 cm³/mol. The molecule has 0 spiro atoms. The Morgan fingerprint density at radius 1 is 1.70 bits per heavy atom. The van der Waals surface area contributed by atoms with Crippen LogP contribution in [0.2, 0.25) is 0 Å². The first-order valence-corrected chi connectivity index (χ1v) is 3.64. The molecule has 0 saturated carbocycles. The molecular weight excluding hydrogens is 128 g/mol. The van der Waals surface area contributed by atoms with Gasteiger partial charge in [0.2, 0.25) is 0 Å². The predicted octanol–water partition coefficient (Wildman–Crippen LogP) is 1.37. The molecule has 0 aliphatic heterocycles. The molecule has 60 valence electrons. The third kappa shape index (κ3) is 1.57. The SMILES string of the molecule is CC[C@](C)(C(C)=O)[C@H](C)O. The Hall–Kier alpha value is -0.370. The van der Waals surface area contributed by atoms with Gasteiger partial charge in [-0.15, -0.1) is 0 Å². The molecule has 0 fully saturated rings. The van der Waals surface area contributed by atoms with Crippen molar-refractivity contribution in [2.24, 2.45) is 5.41 Å². The van der Waals surface area contributed by atoms with Gasteiger partial charge in [0.05, 0.1) is 11.5 Å². The average Bonchev–Trinajstić information content (AvgIpc) is 1.85. The highest BCUT2D eigenvalue weighted by Crippen LogP contribution is 2.26. The molecule has 0 saturated heterocycles. The van der Waals surface area contributed by atoms with Gasteiger partial charge in [-0.1, -0.05) is 13.8 Å². The quantitative estimate of drug-likeness (QED) is 0.649. The molecule has 0 aromatic rings. The Kier molecular flexibility index (Phi) is 3.03. The number of ketones is 1. The number of aliphatic hydroxyl groups is 1. The zero-order valence-corrected chi connectivity index (χ0v) is 7.14. The van der Waals surface area contributed by atoms with E-state index in [0.29, 0.717) is 6.42 Å². The van der Waals surface area contributed by atoms with E-state index in [1.165, 1.54) is 6.92 Å². The van der Waals surface area contributed by atoms with Crippen LogP contribution >= 0.6 is 0 Å². The highest BCUT2D eigenvalue weighted by atomic mass is 16.3. The molecule has 0 bridgehead atoms. The fourth-order valence-electron chi connectivity index (χ4n) is 0.839. The van der Waals surface area contributed by atoms with Gasteiger partial charge in [0.25, 0.3) is 0 Å². The molecule has 0 radical (unpaired) electrons. The van der Waals surface area contributed by atoms with Crippen molar-refractivity contribution in [2.45, 2.75) is 40.2 Å². The van der Waals surface area contributed by atoms with Gasteiger partial charge in [0, 0.05) is 0 Å². The molecule has 0 heterocycles. The monoisotopic (exact) mass is 144 g/mol. The van der Waals surface area contributed by atoms with Crippen LogP contribution in [-0.4, -0.2) is 17.0 Å². The molecule has 2 atom stereocenters. The van der Waals surface area contributed by atoms with Crippen LogP contribution < -0.4 is 0 Å². The summed E-state index contributed by atoms with van der Waals surface area (Å²) in [6.45, 7) is 6.88. The number of hydrogen-bond acceptors (Lipinski definition) is 2. The highest BCUT2D eigenvalue weighted by molar-refractivity contribution is 5.82. The van der Waals surface area contributed by atoms with Gasteiger partial charge < -0.3 is 5.11 Å². The van der Waals surface area contributed by atoms with Crippen molar-refractivity contribution in [2.75, 3.05) is 0 Å². The molecule has 10 heavy (non-hydrogen) atoms. The molecule has 1 N–H and O–H groups in total. The summed E-state index contributed by atoms with van der Waals surface area (Å²) in [7, 11) is 0. The lowest BCUT2D eigenvalue weighted by atomic mass is 9.79. The molecule has 0 unspecified atom stereocenters. The van der Waals surface area contributed by atoms with E-state index >= 15 is 0 Å². The summed E-state index contributed by atoms with van der Waals surface area (Å²) in [5, 5.41) is 9.22. The van der Waals surface area contributed by atoms with Gasteiger partial charge in [-0.25, -0.2) is 0 Å². The maximum absolute atomic E-state index is 11.0. The maximum atomic E-state index is 11.0. The summed E-state index contributed by atoms with van der Waals surface area (Å²) in [5.74, 6) is 0.0602. The summed E-state index contributed by atoms with van der Waals surface area (Å²) in [4.78, 5) is 11.0. The molecule has 2 nitrogen and oxygen atoms in total. The van der Waals surface area contributed by atoms with Crippen molar-refractivity contribution in [3.63, 3.8) is 0 Å². The van der Waals surface area contributed by atoms with E-state index < -0.39 is 11.5 Å². The van der Waals surface area contributed by atoms with E-state index in [4.69, 9.17) is 0 Å². The van der Waals surface area contributed by atoms with Crippen molar-refractivity contribution in [3.05, 3.63) is 0 Å². The Morgan fingerprint density at radius 2 is 2.10 bits per heavy atom. The van der Waals surface area contributed by atoms with E-state index in [-0.39, 0.29) is 5.78 Å². The lowest BCUT2D eigenvalue weighted by Crippen LogP contribution is -2.35. The number of Topliss-reactive ketones (excluding diaryl/α,β-unsaturated/α-hetero) is 1. The topological polar surface area (TPSA) is 37.3 Å². The van der Waals surface area contributed by atoms with E-state index in [1.54, 1.807) is 13.8 Å². The van der Waals surface area contributed by atoms with Crippen molar-refractivity contribution in [1.29, 1.82) is 0 Å². The van der Waals surface area contributed by atoms with Crippen LogP contribution in [-0.2, 0) is 4.79 Å². The van der Waals surface area contributed by atoms with Crippen LogP contribution in [0.1, 0.15) is 34.1 Å². The molecule has 0 rings (SSSR count). The van der Waals surface area contributed by atoms with Crippen molar-refractivity contribution >= 4 is 5.78 Å². The number of carbonyl (C=O) groups excluding carboxylic acids is 1. The van der Waals surface area contributed by atoms with Gasteiger partial charge >= 0.3 is 0 Å². The summed E-state index contributed by atoms with van der Waals surface area (Å²) in [5.41, 5.74) is -0.542. The zero-order chi connectivity index (χ0) is 8.36. The lowest BCUT2D eigenvalue weighted by molar-refractivity contribution is -0.131. The number of rotatable bonds is 3. The largest absolute Gasteiger partial charge is 0.392 e. The average molecular weight is 144 g/mol. The van der Waals surface area contributed by atoms with E-state index in [2.05, 4.69) is 0 Å². The second-order valence-electron chi connectivity index (χ2n) is 3.00. The zero-order valence-electron chi connectivity index (χ0n) is 7.14. The van der Waals surface area contributed by atoms with Crippen molar-refractivity contribution < 1.29 is 9.90 Å². The first kappa shape index (κ1) is 9.63. The minimum absolute atomic E-state index is 0.0602. The van der Waals surface area contributed by atoms with Crippen LogP contribution in [0.25, 0.3) is 0 Å². The molecule has 0 aromatic heterocycles. The fourth-order valence-corrected chi connectivity index (χ4v) is 0.839. The summed E-state index contributed by atoms with van der Waals surface area (Å²) < 4.78 is 0. The van der Waals surface area contributed by atoms with Gasteiger partial charge in [0.1, 0.15) is 5.78 Å². The van der Waals surface area contributed by atoms with E-state index in [1.807, 2.05) is 6.92 Å². The third-order valence-corrected chi connectivity index (χ3v) is 2.46. The smallest absolute Gasteiger partial charge is 0.138 e. The molecular formula is C8H16O2. The number of carbonyl (C=O) groups is 1. The minimum Gasteiger partial charge on any atom is -0.392 e. The Balaban J connectivity index is 4.38. The standard InChI is InChI=1S/C8H16O2/c1-5-8(4,6(2)9)7(3)10/h6,9H,5H2,1-4H3/t6-,8-/m0/s1. The van der Waals surface area contributed by atoms with Crippen LogP contribution in [0.15, 0.2) is 0 Å². The van der Waals surface area contributed by atoms with Crippen LogP contribution in [0.4, 0.5) is 0 Å². The second-order valence-corrected chi connectivity index (χ2v) is 3.00. The van der Waals surface area contributed by atoms with E-state index in [9.17, 15) is 9.90 Å². The Bertz CT molecular complexity index is 129. The third-order valence-electron chi connectivity index (χ3n) is 2.46. The fraction of sp³-hybridized carbons (Fsp3) is 0.875. The van der Waals surface area contributed by atoms with E-state index in [0.717, 1.165) is 0 Å². The molecule has 0 aliphatic rings. The molecule has 0 amide bonds. The molecule has 2 heteroatoms. The molecule has 0 aliphatic carbocycles. The van der Waals surface area contributed by atoms with Crippen LogP contribution in [0, 0.1) is 5.41 Å². The number of hydrogen-bond donors (Lipinski definition) is 1. The van der Waals surface area contributed by atoms with Crippen LogP contribution in [0.5, 0.6) is 0 Å². The van der Waals surface area contributed by atoms with Crippen molar-refractivity contribution in [1.82, 2.24) is 0 Å². The van der Waals surface area contributed by atoms with Gasteiger partial charge in [-0.2, -0.15) is 0 Å². The first-order chi connectivity index (χ1) is 4.45. The van der Waals surface area contributed by atoms with Gasteiger partial charge in [-0.3, -0.25) is 4.79 Å². The minimum atomic E-state index is -0.546. The van der Waals surface area contributed by atoms with Crippen molar-refractivity contribution in [3.8, 4) is 0 Å². The van der Waals surface area contributed by atoms with Crippen LogP contribution in [0.3, 0.4) is 0 Å². The second kappa shape index (κ2) is 3.15. The number of aliphatic hydroxyl groups excluding tert-OH is 1. The summed E-state index contributed by atoms with van der Waals surface area (Å²) in [6, 6.07) is 0. The summed E-state index contributed by atoms with van der Waals surface area (Å²) >= 11 is 0. The van der Waals surface area contributed by atoms with Gasteiger partial charge in [-0.05, 0) is 20.3 Å². The Morgan fingerprint density at radius 3 is 2.10 bits per heavy atom. The molecule has 0 aromatic carbocycles. The Labute approximate surface area is 62.2 Å². The summed E-state index contributed by atoms with van der Waals surface area (Å²) in [6.07, 6.45) is 0.148. The lowest BCUT2D eigenvalue weighted by Gasteiger charge is -2.27.